The molecule has 0 radical (unpaired) electrons. The zero-order valence-corrected chi connectivity index (χ0v) is 8.56. The van der Waals surface area contributed by atoms with Gasteiger partial charge in [0, 0.05) is 18.3 Å². The lowest BCUT2D eigenvalue weighted by molar-refractivity contribution is 0.281. The molecule has 0 saturated carbocycles. The third kappa shape index (κ3) is 3.82. The minimum Gasteiger partial charge on any atom is -0.395 e. The third-order valence-corrected chi connectivity index (χ3v) is 2.82. The van der Waals surface area contributed by atoms with Gasteiger partial charge in [0.25, 0.3) is 0 Å². The van der Waals surface area contributed by atoms with Gasteiger partial charge in [-0.3, -0.25) is 4.99 Å². The Morgan fingerprint density at radius 1 is 1.75 bits per heavy atom. The first-order valence-electron chi connectivity index (χ1n) is 3.78. The summed E-state index contributed by atoms with van der Waals surface area (Å²) in [6, 6.07) is 0.133. The number of nitrogens with zero attached hydrogens (tertiary/aromatic N) is 1. The molecule has 0 aromatic heterocycles. The maximum absolute atomic E-state index is 8.94. The largest absolute Gasteiger partial charge is 0.395 e. The van der Waals surface area contributed by atoms with E-state index in [1.807, 2.05) is 13.2 Å². The van der Waals surface area contributed by atoms with Gasteiger partial charge < -0.3 is 16.2 Å². The average molecular weight is 191 g/mol. The molecule has 0 amide bonds. The van der Waals surface area contributed by atoms with Crippen LogP contribution in [-0.4, -0.2) is 42.3 Å². The van der Waals surface area contributed by atoms with Crippen LogP contribution in [-0.2, 0) is 0 Å². The van der Waals surface area contributed by atoms with Gasteiger partial charge in [0.2, 0.25) is 0 Å². The van der Waals surface area contributed by atoms with Gasteiger partial charge in [-0.05, 0) is 13.2 Å². The van der Waals surface area contributed by atoms with E-state index >= 15 is 0 Å². The summed E-state index contributed by atoms with van der Waals surface area (Å²) in [4.78, 5) is 3.77. The number of nitrogens with one attached hydrogen (secondary N) is 1. The summed E-state index contributed by atoms with van der Waals surface area (Å²) < 4.78 is 0. The number of hydrogen-bond donors (Lipinski definition) is 3. The van der Waals surface area contributed by atoms with Crippen LogP contribution in [0.1, 0.15) is 6.92 Å². The van der Waals surface area contributed by atoms with Crippen molar-refractivity contribution >= 4 is 17.7 Å². The van der Waals surface area contributed by atoms with Crippen LogP contribution in [0.4, 0.5) is 0 Å². The Hall–Kier alpha value is -0.420. The molecule has 0 rings (SSSR count). The molecule has 0 aromatic carbocycles. The van der Waals surface area contributed by atoms with Crippen LogP contribution >= 0.6 is 11.8 Å². The minimum absolute atomic E-state index is 0.133. The quantitative estimate of drug-likeness (QED) is 0.419. The number of aliphatic hydroxyl groups is 1. The molecule has 0 fully saturated rings. The fourth-order valence-electron chi connectivity index (χ4n) is 0.828. The summed E-state index contributed by atoms with van der Waals surface area (Å²) in [5.41, 5.74) is 5.47. The van der Waals surface area contributed by atoms with Crippen LogP contribution in [0.25, 0.3) is 0 Å². The van der Waals surface area contributed by atoms with Crippen molar-refractivity contribution in [3.8, 4) is 0 Å². The summed E-state index contributed by atoms with van der Waals surface area (Å²) in [6.07, 6.45) is 1.96. The Labute approximate surface area is 77.6 Å². The molecule has 5 heteroatoms. The summed E-state index contributed by atoms with van der Waals surface area (Å²) >= 11 is 1.61. The Balaban J connectivity index is 3.91. The van der Waals surface area contributed by atoms with Crippen molar-refractivity contribution in [2.24, 2.45) is 10.7 Å². The van der Waals surface area contributed by atoms with Crippen molar-refractivity contribution in [3.63, 3.8) is 0 Å². The molecule has 0 saturated heterocycles. The molecule has 0 aromatic rings. The number of aliphatic imine (C=N–C) groups is 1. The molecule has 4 nitrogen and oxygen atoms in total. The fourth-order valence-corrected chi connectivity index (χ4v) is 1.45. The molecule has 0 aliphatic heterocycles. The molecule has 72 valence electrons. The molecule has 0 bridgehead atoms. The molecule has 12 heavy (non-hydrogen) atoms. The van der Waals surface area contributed by atoms with E-state index in [9.17, 15) is 0 Å². The Bertz CT molecular complexity index is 148. The highest BCUT2D eigenvalue weighted by Gasteiger charge is 2.14. The Morgan fingerprint density at radius 3 is 2.67 bits per heavy atom. The highest BCUT2D eigenvalue weighted by molar-refractivity contribution is 7.99. The second-order valence-electron chi connectivity index (χ2n) is 2.50. The van der Waals surface area contributed by atoms with Crippen LogP contribution in [0.2, 0.25) is 0 Å². The maximum atomic E-state index is 8.94. The Morgan fingerprint density at radius 2 is 2.33 bits per heavy atom. The van der Waals surface area contributed by atoms with E-state index in [1.165, 1.54) is 0 Å². The van der Waals surface area contributed by atoms with Crippen molar-refractivity contribution in [2.45, 2.75) is 18.2 Å². The zero-order chi connectivity index (χ0) is 9.56. The molecule has 2 unspecified atom stereocenters. The third-order valence-electron chi connectivity index (χ3n) is 1.66. The number of aliphatic hydroxyl groups excluding tert-OH is 1. The highest BCUT2D eigenvalue weighted by Crippen LogP contribution is 2.09. The predicted octanol–water partition coefficient (Wildman–Crippen LogP) is -0.367. The molecule has 0 spiro atoms. The van der Waals surface area contributed by atoms with E-state index in [2.05, 4.69) is 10.3 Å². The van der Waals surface area contributed by atoms with Crippen molar-refractivity contribution in [1.82, 2.24) is 5.32 Å². The normalized spacial score (nSPS) is 17.2. The van der Waals surface area contributed by atoms with Crippen LogP contribution in [0.5, 0.6) is 0 Å². The molecule has 2 atom stereocenters. The molecule has 4 N–H and O–H groups in total. The van der Waals surface area contributed by atoms with E-state index in [4.69, 9.17) is 10.8 Å². The van der Waals surface area contributed by atoms with Gasteiger partial charge in [0.1, 0.15) is 0 Å². The second-order valence-corrected chi connectivity index (χ2v) is 3.58. The van der Waals surface area contributed by atoms with Gasteiger partial charge in [-0.2, -0.15) is 11.8 Å². The monoisotopic (exact) mass is 191 g/mol. The Kier molecular flexibility index (Phi) is 5.92. The van der Waals surface area contributed by atoms with Crippen molar-refractivity contribution in [2.75, 3.05) is 19.9 Å². The number of rotatable bonds is 4. The first-order chi connectivity index (χ1) is 5.65. The van der Waals surface area contributed by atoms with Gasteiger partial charge in [-0.25, -0.2) is 0 Å². The second kappa shape index (κ2) is 6.14. The number of guanidine groups is 1. The van der Waals surface area contributed by atoms with Crippen LogP contribution in [0.3, 0.4) is 0 Å². The summed E-state index contributed by atoms with van der Waals surface area (Å²) in [5.74, 6) is 0.412. The maximum Gasteiger partial charge on any atom is 0.188 e. The lowest BCUT2D eigenvalue weighted by atomic mass is 10.2. The van der Waals surface area contributed by atoms with Gasteiger partial charge in [-0.1, -0.05) is 0 Å². The zero-order valence-electron chi connectivity index (χ0n) is 7.74. The van der Waals surface area contributed by atoms with E-state index < -0.39 is 0 Å². The van der Waals surface area contributed by atoms with Crippen molar-refractivity contribution < 1.29 is 5.11 Å². The molecule has 0 aliphatic rings. The standard InChI is InChI=1S/C7H17N3OS/c1-5(6(4-11)12-3)10-7(8)9-2/h5-6,11H,4H2,1-3H3,(H3,8,9,10). The molecule has 0 aliphatic carbocycles. The summed E-state index contributed by atoms with van der Waals surface area (Å²) in [5, 5.41) is 12.1. The van der Waals surface area contributed by atoms with E-state index in [0.717, 1.165) is 0 Å². The first kappa shape index (κ1) is 11.6. The lowest BCUT2D eigenvalue weighted by Gasteiger charge is -2.21. The molecule has 0 heterocycles. The van der Waals surface area contributed by atoms with Crippen LogP contribution in [0, 0.1) is 0 Å². The number of hydrogen-bond acceptors (Lipinski definition) is 3. The fraction of sp³-hybridized carbons (Fsp3) is 0.857. The van der Waals surface area contributed by atoms with Crippen LogP contribution in [0.15, 0.2) is 4.99 Å². The first-order valence-corrected chi connectivity index (χ1v) is 5.07. The van der Waals surface area contributed by atoms with Crippen LogP contribution < -0.4 is 11.1 Å². The van der Waals surface area contributed by atoms with E-state index in [0.29, 0.717) is 5.96 Å². The summed E-state index contributed by atoms with van der Waals surface area (Å²) in [6.45, 7) is 2.11. The van der Waals surface area contributed by atoms with Crippen molar-refractivity contribution in [3.05, 3.63) is 0 Å². The van der Waals surface area contributed by atoms with E-state index in [1.54, 1.807) is 18.8 Å². The topological polar surface area (TPSA) is 70.6 Å². The van der Waals surface area contributed by atoms with Gasteiger partial charge in [-0.15, -0.1) is 0 Å². The lowest BCUT2D eigenvalue weighted by Crippen LogP contribution is -2.44. The van der Waals surface area contributed by atoms with Crippen molar-refractivity contribution in [1.29, 1.82) is 0 Å². The number of nitrogens with two attached hydrogens (primary N) is 1. The van der Waals surface area contributed by atoms with Gasteiger partial charge >= 0.3 is 0 Å². The highest BCUT2D eigenvalue weighted by atomic mass is 32.2. The van der Waals surface area contributed by atoms with E-state index in [-0.39, 0.29) is 17.9 Å². The van der Waals surface area contributed by atoms with Gasteiger partial charge in [0.05, 0.1) is 6.61 Å². The molecular weight excluding hydrogens is 174 g/mol. The smallest absolute Gasteiger partial charge is 0.188 e. The predicted molar refractivity (Wildman–Crippen MR) is 54.5 cm³/mol. The minimum atomic E-state index is 0.133. The SMILES string of the molecule is CN=C(N)NC(C)C(CO)SC. The summed E-state index contributed by atoms with van der Waals surface area (Å²) in [7, 11) is 1.63. The molecular formula is C7H17N3OS. The van der Waals surface area contributed by atoms with Gasteiger partial charge in [0.15, 0.2) is 5.96 Å². The number of thioether (sulfide) groups is 1. The average Bonchev–Trinajstić information content (AvgIpc) is 2.06.